The summed E-state index contributed by atoms with van der Waals surface area (Å²) in [6.07, 6.45) is 9.55. The lowest BCUT2D eigenvalue weighted by Crippen LogP contribution is -2.33. The topological polar surface area (TPSA) is 38.0 Å². The third kappa shape index (κ3) is 4.06. The summed E-state index contributed by atoms with van der Waals surface area (Å²) in [6, 6.07) is 0. The molecular formula is C14H30N2. The van der Waals surface area contributed by atoms with Crippen LogP contribution in [0.3, 0.4) is 0 Å². The minimum absolute atomic E-state index is 0.629. The monoisotopic (exact) mass is 226 g/mol. The molecule has 3 N–H and O–H groups in total. The third-order valence-electron chi connectivity index (χ3n) is 4.55. The lowest BCUT2D eigenvalue weighted by Gasteiger charge is -2.28. The van der Waals surface area contributed by atoms with Crippen LogP contribution in [0.2, 0.25) is 0 Å². The smallest absolute Gasteiger partial charge is 0.000770 e. The molecule has 1 rings (SSSR count). The largest absolute Gasteiger partial charge is 0.330 e. The molecule has 0 aromatic carbocycles. The van der Waals surface area contributed by atoms with E-state index in [1.54, 1.807) is 0 Å². The highest BCUT2D eigenvalue weighted by atomic mass is 14.9. The van der Waals surface area contributed by atoms with Gasteiger partial charge in [0.05, 0.1) is 0 Å². The first-order chi connectivity index (χ1) is 7.76. The Morgan fingerprint density at radius 1 is 1.25 bits per heavy atom. The Hall–Kier alpha value is -0.0800. The van der Waals surface area contributed by atoms with Crippen LogP contribution in [0.15, 0.2) is 0 Å². The highest BCUT2D eigenvalue weighted by Gasteiger charge is 2.31. The number of hydrogen-bond acceptors (Lipinski definition) is 2. The molecule has 1 unspecified atom stereocenters. The number of rotatable bonds is 8. The predicted octanol–water partition coefficient (Wildman–Crippen LogP) is 2.92. The molecule has 0 saturated heterocycles. The second-order valence-corrected chi connectivity index (χ2v) is 5.54. The Morgan fingerprint density at radius 3 is 2.44 bits per heavy atom. The molecule has 1 saturated carbocycles. The molecule has 2 heteroatoms. The van der Waals surface area contributed by atoms with Crippen molar-refractivity contribution >= 4 is 0 Å². The van der Waals surface area contributed by atoms with Crippen LogP contribution in [0.25, 0.3) is 0 Å². The summed E-state index contributed by atoms with van der Waals surface area (Å²) < 4.78 is 0. The summed E-state index contributed by atoms with van der Waals surface area (Å²) >= 11 is 0. The van der Waals surface area contributed by atoms with Gasteiger partial charge in [0.15, 0.2) is 0 Å². The van der Waals surface area contributed by atoms with Crippen molar-refractivity contribution in [1.82, 2.24) is 5.32 Å². The molecule has 1 atom stereocenters. The van der Waals surface area contributed by atoms with E-state index < -0.39 is 0 Å². The molecule has 0 aromatic rings. The molecule has 1 fully saturated rings. The van der Waals surface area contributed by atoms with Gasteiger partial charge in [-0.3, -0.25) is 0 Å². The molecule has 0 spiro atoms. The molecule has 0 aliphatic heterocycles. The first-order valence-corrected chi connectivity index (χ1v) is 7.17. The predicted molar refractivity (Wildman–Crippen MR) is 71.5 cm³/mol. The van der Waals surface area contributed by atoms with Crippen molar-refractivity contribution in [1.29, 1.82) is 0 Å². The van der Waals surface area contributed by atoms with E-state index in [1.165, 1.54) is 51.5 Å². The van der Waals surface area contributed by atoms with Gasteiger partial charge in [0, 0.05) is 6.54 Å². The Bertz CT molecular complexity index is 170. The Balaban J connectivity index is 2.14. The molecule has 2 nitrogen and oxygen atoms in total. The van der Waals surface area contributed by atoms with Crippen molar-refractivity contribution in [3.8, 4) is 0 Å². The quantitative estimate of drug-likeness (QED) is 0.625. The molecule has 0 heterocycles. The summed E-state index contributed by atoms with van der Waals surface area (Å²) in [4.78, 5) is 0. The molecule has 1 aliphatic rings. The van der Waals surface area contributed by atoms with E-state index in [4.69, 9.17) is 5.73 Å². The second kappa shape index (κ2) is 7.29. The van der Waals surface area contributed by atoms with Crippen molar-refractivity contribution in [2.45, 2.75) is 58.8 Å². The summed E-state index contributed by atoms with van der Waals surface area (Å²) in [5.41, 5.74) is 6.34. The molecule has 16 heavy (non-hydrogen) atoms. The Morgan fingerprint density at radius 2 is 1.94 bits per heavy atom. The fourth-order valence-corrected chi connectivity index (χ4v) is 2.93. The zero-order chi connectivity index (χ0) is 11.9. The van der Waals surface area contributed by atoms with Crippen molar-refractivity contribution < 1.29 is 0 Å². The molecule has 96 valence electrons. The molecular weight excluding hydrogens is 196 g/mol. The van der Waals surface area contributed by atoms with Gasteiger partial charge in [-0.1, -0.05) is 33.1 Å². The van der Waals surface area contributed by atoms with E-state index in [-0.39, 0.29) is 0 Å². The zero-order valence-electron chi connectivity index (χ0n) is 11.2. The van der Waals surface area contributed by atoms with Crippen LogP contribution in [0.4, 0.5) is 0 Å². The third-order valence-corrected chi connectivity index (χ3v) is 4.55. The van der Waals surface area contributed by atoms with Crippen LogP contribution in [-0.4, -0.2) is 19.6 Å². The number of nitrogens with two attached hydrogens (primary N) is 1. The average molecular weight is 226 g/mol. The maximum atomic E-state index is 5.71. The molecule has 0 amide bonds. The highest BCUT2D eigenvalue weighted by molar-refractivity contribution is 4.85. The maximum Gasteiger partial charge on any atom is 0.000770 e. The summed E-state index contributed by atoms with van der Waals surface area (Å²) in [5.74, 6) is 0.716. The standard InChI is InChI=1S/C14H30N2/c1-3-13(11-15)7-10-16-12-14(4-2)8-5-6-9-14/h13,16H,3-12,15H2,1-2H3. The van der Waals surface area contributed by atoms with E-state index in [2.05, 4.69) is 19.2 Å². The fourth-order valence-electron chi connectivity index (χ4n) is 2.93. The zero-order valence-corrected chi connectivity index (χ0v) is 11.2. The summed E-state index contributed by atoms with van der Waals surface area (Å²) in [6.45, 7) is 7.81. The van der Waals surface area contributed by atoms with Gasteiger partial charge in [0.1, 0.15) is 0 Å². The maximum absolute atomic E-state index is 5.71. The normalized spacial score (nSPS) is 21.2. The van der Waals surface area contributed by atoms with Gasteiger partial charge in [-0.2, -0.15) is 0 Å². The van der Waals surface area contributed by atoms with E-state index in [0.29, 0.717) is 11.3 Å². The van der Waals surface area contributed by atoms with Crippen LogP contribution < -0.4 is 11.1 Å². The SMILES string of the molecule is CCC(CN)CCNCC1(CC)CCCC1. The van der Waals surface area contributed by atoms with Crippen LogP contribution >= 0.6 is 0 Å². The lowest BCUT2D eigenvalue weighted by molar-refractivity contribution is 0.265. The van der Waals surface area contributed by atoms with Gasteiger partial charge in [-0.15, -0.1) is 0 Å². The first-order valence-electron chi connectivity index (χ1n) is 7.17. The number of hydrogen-bond donors (Lipinski definition) is 2. The van der Waals surface area contributed by atoms with Crippen molar-refractivity contribution in [2.75, 3.05) is 19.6 Å². The van der Waals surface area contributed by atoms with E-state index >= 15 is 0 Å². The van der Waals surface area contributed by atoms with Gasteiger partial charge >= 0.3 is 0 Å². The lowest BCUT2D eigenvalue weighted by atomic mass is 9.83. The van der Waals surface area contributed by atoms with E-state index in [9.17, 15) is 0 Å². The van der Waals surface area contributed by atoms with Gasteiger partial charge in [0.2, 0.25) is 0 Å². The average Bonchev–Trinajstić information content (AvgIpc) is 2.79. The van der Waals surface area contributed by atoms with Crippen molar-refractivity contribution in [3.05, 3.63) is 0 Å². The minimum atomic E-state index is 0.629. The van der Waals surface area contributed by atoms with Gasteiger partial charge in [-0.05, 0) is 50.1 Å². The van der Waals surface area contributed by atoms with Gasteiger partial charge in [0.25, 0.3) is 0 Å². The highest BCUT2D eigenvalue weighted by Crippen LogP contribution is 2.40. The molecule has 0 bridgehead atoms. The van der Waals surface area contributed by atoms with E-state index in [0.717, 1.165) is 13.1 Å². The molecule has 1 aliphatic carbocycles. The first kappa shape index (κ1) is 14.0. The van der Waals surface area contributed by atoms with Crippen LogP contribution in [0.1, 0.15) is 58.8 Å². The van der Waals surface area contributed by atoms with Crippen LogP contribution in [-0.2, 0) is 0 Å². The van der Waals surface area contributed by atoms with Crippen molar-refractivity contribution in [3.63, 3.8) is 0 Å². The van der Waals surface area contributed by atoms with E-state index in [1.807, 2.05) is 0 Å². The Labute approximate surface area is 101 Å². The van der Waals surface area contributed by atoms with Crippen LogP contribution in [0.5, 0.6) is 0 Å². The van der Waals surface area contributed by atoms with Gasteiger partial charge in [-0.25, -0.2) is 0 Å². The summed E-state index contributed by atoms with van der Waals surface area (Å²) in [5, 5.41) is 3.66. The second-order valence-electron chi connectivity index (χ2n) is 5.54. The fraction of sp³-hybridized carbons (Fsp3) is 1.00. The van der Waals surface area contributed by atoms with Crippen molar-refractivity contribution in [2.24, 2.45) is 17.1 Å². The molecule has 0 aromatic heterocycles. The number of nitrogens with one attached hydrogen (secondary N) is 1. The molecule has 0 radical (unpaired) electrons. The minimum Gasteiger partial charge on any atom is -0.330 e. The Kier molecular flexibility index (Phi) is 6.37. The van der Waals surface area contributed by atoms with Crippen LogP contribution in [0, 0.1) is 11.3 Å². The van der Waals surface area contributed by atoms with Gasteiger partial charge < -0.3 is 11.1 Å². The summed E-state index contributed by atoms with van der Waals surface area (Å²) in [7, 11) is 0.